The normalized spacial score (nSPS) is 13.9. The minimum absolute atomic E-state index is 0.359. The van der Waals surface area contributed by atoms with Gasteiger partial charge in [-0.1, -0.05) is 13.0 Å². The Kier molecular flexibility index (Phi) is 7.21. The van der Waals surface area contributed by atoms with E-state index in [1.165, 1.54) is 0 Å². The number of nitrogens with zero attached hydrogens (tertiary/aromatic N) is 3. The van der Waals surface area contributed by atoms with E-state index in [1.807, 2.05) is 25.4 Å². The van der Waals surface area contributed by atoms with E-state index in [1.54, 1.807) is 0 Å². The monoisotopic (exact) mass is 274 g/mol. The second kappa shape index (κ2) is 8.68. The van der Waals surface area contributed by atoms with Gasteiger partial charge in [-0.05, 0) is 52.0 Å². The van der Waals surface area contributed by atoms with E-state index in [2.05, 4.69) is 41.3 Å². The van der Waals surface area contributed by atoms with Crippen molar-refractivity contribution in [1.29, 1.82) is 5.26 Å². The molecule has 0 spiro atoms. The molecule has 1 N–H and O–H groups in total. The molecule has 4 heteroatoms. The van der Waals surface area contributed by atoms with Crippen molar-refractivity contribution in [2.75, 3.05) is 27.2 Å². The molecule has 0 bridgehead atoms. The molecule has 0 aromatic carbocycles. The van der Waals surface area contributed by atoms with Gasteiger partial charge in [-0.15, -0.1) is 0 Å². The van der Waals surface area contributed by atoms with Crippen LogP contribution in [0.4, 0.5) is 0 Å². The molecule has 110 valence electrons. The maximum Gasteiger partial charge on any atom is 0.106 e. The largest absolute Gasteiger partial charge is 0.306 e. The number of nitriles is 1. The highest BCUT2D eigenvalue weighted by molar-refractivity contribution is 5.05. The molecule has 0 fully saturated rings. The van der Waals surface area contributed by atoms with E-state index in [0.717, 1.165) is 44.5 Å². The number of likely N-dealkylation sites (N-methyl/N-ethyl adjacent to an activating group) is 1. The van der Waals surface area contributed by atoms with Gasteiger partial charge in [0.2, 0.25) is 0 Å². The van der Waals surface area contributed by atoms with Crippen LogP contribution in [-0.4, -0.2) is 42.6 Å². The van der Waals surface area contributed by atoms with Crippen LogP contribution in [0.15, 0.2) is 24.4 Å². The second-order valence-electron chi connectivity index (χ2n) is 5.28. The van der Waals surface area contributed by atoms with Crippen LogP contribution >= 0.6 is 0 Å². The van der Waals surface area contributed by atoms with Crippen molar-refractivity contribution in [3.63, 3.8) is 0 Å². The maximum atomic E-state index is 9.26. The third kappa shape index (κ3) is 5.28. The van der Waals surface area contributed by atoms with Crippen LogP contribution in [0.2, 0.25) is 0 Å². The maximum absolute atomic E-state index is 9.26. The first kappa shape index (κ1) is 16.6. The Morgan fingerprint density at radius 1 is 1.40 bits per heavy atom. The lowest BCUT2D eigenvalue weighted by Gasteiger charge is -2.25. The van der Waals surface area contributed by atoms with Crippen LogP contribution in [0.3, 0.4) is 0 Å². The summed E-state index contributed by atoms with van der Waals surface area (Å²) in [6, 6.07) is 8.44. The van der Waals surface area contributed by atoms with Crippen molar-refractivity contribution in [1.82, 2.24) is 15.2 Å². The fraction of sp³-hybridized carbons (Fsp3) is 0.625. The molecule has 0 amide bonds. The Morgan fingerprint density at radius 2 is 2.20 bits per heavy atom. The Bertz CT molecular complexity index is 406. The summed E-state index contributed by atoms with van der Waals surface area (Å²) in [5.41, 5.74) is 0.775. The highest BCUT2D eigenvalue weighted by atomic mass is 15.1. The zero-order chi connectivity index (χ0) is 14.8. The smallest absolute Gasteiger partial charge is 0.106 e. The van der Waals surface area contributed by atoms with Gasteiger partial charge in [0.15, 0.2) is 0 Å². The average Bonchev–Trinajstić information content (AvgIpc) is 2.51. The zero-order valence-electron chi connectivity index (χ0n) is 12.9. The van der Waals surface area contributed by atoms with Crippen molar-refractivity contribution >= 4 is 0 Å². The predicted octanol–water partition coefficient (Wildman–Crippen LogP) is 2.23. The molecule has 1 heterocycles. The Hall–Kier alpha value is -1.44. The molecular formula is C16H26N4. The number of hydrogen-bond acceptors (Lipinski definition) is 4. The second-order valence-corrected chi connectivity index (χ2v) is 5.28. The summed E-state index contributed by atoms with van der Waals surface area (Å²) in [6.45, 7) is 4.07. The molecule has 1 rings (SSSR count). The van der Waals surface area contributed by atoms with Crippen molar-refractivity contribution in [3.05, 3.63) is 30.1 Å². The molecule has 0 radical (unpaired) electrons. The van der Waals surface area contributed by atoms with Gasteiger partial charge >= 0.3 is 0 Å². The highest BCUT2D eigenvalue weighted by Gasteiger charge is 2.24. The molecule has 1 aromatic heterocycles. The summed E-state index contributed by atoms with van der Waals surface area (Å²) in [4.78, 5) is 6.64. The number of hydrogen-bond donors (Lipinski definition) is 1. The molecule has 1 unspecified atom stereocenters. The molecule has 0 aliphatic heterocycles. The zero-order valence-corrected chi connectivity index (χ0v) is 12.9. The SMILES string of the molecule is CCC(C#N)(CCCN(C)CCc1ccccn1)NC. The molecule has 20 heavy (non-hydrogen) atoms. The summed E-state index contributed by atoms with van der Waals surface area (Å²) in [6.07, 6.45) is 5.58. The number of rotatable bonds is 9. The van der Waals surface area contributed by atoms with E-state index < -0.39 is 0 Å². The van der Waals surface area contributed by atoms with E-state index in [0.29, 0.717) is 0 Å². The summed E-state index contributed by atoms with van der Waals surface area (Å²) >= 11 is 0. The molecule has 0 aliphatic rings. The van der Waals surface area contributed by atoms with Crippen LogP contribution < -0.4 is 5.32 Å². The molecule has 1 aromatic rings. The summed E-state index contributed by atoms with van der Waals surface area (Å²) in [5.74, 6) is 0. The van der Waals surface area contributed by atoms with Crippen molar-refractivity contribution < 1.29 is 0 Å². The first-order valence-corrected chi connectivity index (χ1v) is 7.34. The minimum Gasteiger partial charge on any atom is -0.306 e. The van der Waals surface area contributed by atoms with Gasteiger partial charge in [0.05, 0.1) is 6.07 Å². The van der Waals surface area contributed by atoms with Gasteiger partial charge in [0.1, 0.15) is 5.54 Å². The average molecular weight is 274 g/mol. The third-order valence-electron chi connectivity index (χ3n) is 3.92. The van der Waals surface area contributed by atoms with Gasteiger partial charge in [-0.2, -0.15) is 5.26 Å². The molecule has 0 saturated heterocycles. The molecule has 0 aliphatic carbocycles. The number of pyridine rings is 1. The molecule has 4 nitrogen and oxygen atoms in total. The van der Waals surface area contributed by atoms with E-state index in [4.69, 9.17) is 0 Å². The van der Waals surface area contributed by atoms with Gasteiger partial charge in [0.25, 0.3) is 0 Å². The fourth-order valence-electron chi connectivity index (χ4n) is 2.28. The number of nitrogens with one attached hydrogen (secondary N) is 1. The van der Waals surface area contributed by atoms with Crippen LogP contribution in [0.25, 0.3) is 0 Å². The highest BCUT2D eigenvalue weighted by Crippen LogP contribution is 2.16. The topological polar surface area (TPSA) is 52.0 Å². The van der Waals surface area contributed by atoms with Gasteiger partial charge in [-0.3, -0.25) is 4.98 Å². The summed E-state index contributed by atoms with van der Waals surface area (Å²) in [5, 5.41) is 12.4. The summed E-state index contributed by atoms with van der Waals surface area (Å²) in [7, 11) is 4.00. The third-order valence-corrected chi connectivity index (χ3v) is 3.92. The first-order valence-electron chi connectivity index (χ1n) is 7.34. The van der Waals surface area contributed by atoms with Crippen LogP contribution in [0.1, 0.15) is 31.9 Å². The number of aromatic nitrogens is 1. The summed E-state index contributed by atoms with van der Waals surface area (Å²) < 4.78 is 0. The Balaban J connectivity index is 2.27. The van der Waals surface area contributed by atoms with Crippen molar-refractivity contribution in [2.45, 2.75) is 38.1 Å². The van der Waals surface area contributed by atoms with E-state index in [9.17, 15) is 5.26 Å². The quantitative estimate of drug-likeness (QED) is 0.750. The minimum atomic E-state index is -0.359. The van der Waals surface area contributed by atoms with Gasteiger partial charge in [0, 0.05) is 24.9 Å². The van der Waals surface area contributed by atoms with Crippen LogP contribution in [-0.2, 0) is 6.42 Å². The Morgan fingerprint density at radius 3 is 2.75 bits per heavy atom. The molecular weight excluding hydrogens is 248 g/mol. The lowest BCUT2D eigenvalue weighted by atomic mass is 9.92. The Labute approximate surface area is 122 Å². The lowest BCUT2D eigenvalue weighted by molar-refractivity contribution is 0.302. The predicted molar refractivity (Wildman–Crippen MR) is 82.4 cm³/mol. The van der Waals surface area contributed by atoms with Crippen molar-refractivity contribution in [3.8, 4) is 6.07 Å². The van der Waals surface area contributed by atoms with Crippen LogP contribution in [0, 0.1) is 11.3 Å². The molecule has 0 saturated carbocycles. The van der Waals surface area contributed by atoms with E-state index in [-0.39, 0.29) is 5.54 Å². The van der Waals surface area contributed by atoms with Crippen LogP contribution in [0.5, 0.6) is 0 Å². The van der Waals surface area contributed by atoms with Gasteiger partial charge in [-0.25, -0.2) is 0 Å². The van der Waals surface area contributed by atoms with Gasteiger partial charge < -0.3 is 10.2 Å². The first-order chi connectivity index (χ1) is 9.65. The van der Waals surface area contributed by atoms with Crippen molar-refractivity contribution in [2.24, 2.45) is 0 Å². The fourth-order valence-corrected chi connectivity index (χ4v) is 2.28. The standard InChI is InChI=1S/C16H26N4/c1-4-16(14-17,18-2)10-7-12-20(3)13-9-15-8-5-6-11-19-15/h5-6,8,11,18H,4,7,9-10,12-13H2,1-3H3. The van der Waals surface area contributed by atoms with E-state index >= 15 is 0 Å². The molecule has 1 atom stereocenters. The lowest BCUT2D eigenvalue weighted by Crippen LogP contribution is -2.41.